The zero-order valence-electron chi connectivity index (χ0n) is 16.3. The minimum Gasteiger partial charge on any atom is -0.458 e. The summed E-state index contributed by atoms with van der Waals surface area (Å²) in [6.45, 7) is 4.92. The first-order chi connectivity index (χ1) is 12.9. The maximum Gasteiger partial charge on any atom is 0.306 e. The Hall–Kier alpha value is -1.38. The van der Waals surface area contributed by atoms with Gasteiger partial charge >= 0.3 is 5.97 Å². The van der Waals surface area contributed by atoms with Crippen LogP contribution in [0.5, 0.6) is 0 Å². The molecule has 7 rings (SSSR count). The van der Waals surface area contributed by atoms with E-state index in [0.717, 1.165) is 25.2 Å². The lowest BCUT2D eigenvalue weighted by molar-refractivity contribution is -0.176. The molecule has 0 amide bonds. The molecule has 27 heavy (non-hydrogen) atoms. The van der Waals surface area contributed by atoms with Gasteiger partial charge in [0.2, 0.25) is 0 Å². The Morgan fingerprint density at radius 1 is 1.07 bits per heavy atom. The number of allylic oxidation sites excluding steroid dienone is 3. The molecule has 9 atom stereocenters. The number of ketones is 1. The van der Waals surface area contributed by atoms with Gasteiger partial charge in [0.25, 0.3) is 0 Å². The molecule has 0 bridgehead atoms. The normalized spacial score (nSPS) is 59.0. The summed E-state index contributed by atoms with van der Waals surface area (Å²) in [7, 11) is 0. The number of carbonyl (C=O) groups is 2. The van der Waals surface area contributed by atoms with Crippen LogP contribution in [0.2, 0.25) is 0 Å². The summed E-state index contributed by atoms with van der Waals surface area (Å²) in [4.78, 5) is 24.3. The molecule has 6 aliphatic carbocycles. The summed E-state index contributed by atoms with van der Waals surface area (Å²) >= 11 is 0. The van der Waals surface area contributed by atoms with Gasteiger partial charge in [-0.25, -0.2) is 0 Å². The van der Waals surface area contributed by atoms with E-state index < -0.39 is 0 Å². The highest BCUT2D eigenvalue weighted by Gasteiger charge is 2.80. The van der Waals surface area contributed by atoms with E-state index in [-0.39, 0.29) is 22.4 Å². The van der Waals surface area contributed by atoms with Crippen molar-refractivity contribution in [3.63, 3.8) is 0 Å². The molecule has 4 saturated carbocycles. The fourth-order valence-electron chi connectivity index (χ4n) is 9.23. The van der Waals surface area contributed by atoms with Crippen LogP contribution in [0.25, 0.3) is 0 Å². The number of rotatable bonds is 0. The van der Waals surface area contributed by atoms with Crippen molar-refractivity contribution < 1.29 is 14.3 Å². The quantitative estimate of drug-likeness (QED) is 0.604. The summed E-state index contributed by atoms with van der Waals surface area (Å²) in [5.74, 6) is 4.45. The van der Waals surface area contributed by atoms with E-state index in [4.69, 9.17) is 4.74 Å². The molecule has 0 radical (unpaired) electrons. The third-order valence-corrected chi connectivity index (χ3v) is 10.4. The minimum atomic E-state index is -0.154. The summed E-state index contributed by atoms with van der Waals surface area (Å²) in [5.41, 5.74) is 3.08. The molecular formula is C24H28O3. The Kier molecular flexibility index (Phi) is 2.46. The van der Waals surface area contributed by atoms with Gasteiger partial charge in [0.1, 0.15) is 5.60 Å². The monoisotopic (exact) mass is 364 g/mol. The number of ether oxygens (including phenoxy) is 1. The van der Waals surface area contributed by atoms with Crippen LogP contribution in [0.15, 0.2) is 23.3 Å². The third-order valence-electron chi connectivity index (χ3n) is 10.4. The van der Waals surface area contributed by atoms with Gasteiger partial charge in [0.15, 0.2) is 5.78 Å². The maximum atomic E-state index is 12.1. The number of hydrogen-bond donors (Lipinski definition) is 0. The molecule has 0 aromatic rings. The van der Waals surface area contributed by atoms with E-state index in [0.29, 0.717) is 41.8 Å². The molecule has 0 aromatic heterocycles. The summed E-state index contributed by atoms with van der Waals surface area (Å²) in [6, 6.07) is 0. The molecule has 0 N–H and O–H groups in total. The highest BCUT2D eigenvalue weighted by molar-refractivity contribution is 5.93. The predicted octanol–water partition coefficient (Wildman–Crippen LogP) is 4.23. The van der Waals surface area contributed by atoms with Crippen molar-refractivity contribution >= 4 is 11.8 Å². The number of esters is 1. The lowest BCUT2D eigenvalue weighted by atomic mass is 9.45. The molecule has 3 nitrogen and oxygen atoms in total. The van der Waals surface area contributed by atoms with Gasteiger partial charge < -0.3 is 4.74 Å². The predicted molar refractivity (Wildman–Crippen MR) is 99.5 cm³/mol. The van der Waals surface area contributed by atoms with Crippen LogP contribution < -0.4 is 0 Å². The van der Waals surface area contributed by atoms with Crippen molar-refractivity contribution in [2.24, 2.45) is 46.3 Å². The maximum absolute atomic E-state index is 12.1. The molecule has 5 fully saturated rings. The van der Waals surface area contributed by atoms with Gasteiger partial charge in [-0.3, -0.25) is 9.59 Å². The second-order valence-electron chi connectivity index (χ2n) is 11.1. The van der Waals surface area contributed by atoms with E-state index in [1.165, 1.54) is 30.4 Å². The fourth-order valence-corrected chi connectivity index (χ4v) is 9.23. The van der Waals surface area contributed by atoms with Gasteiger partial charge in [-0.15, -0.1) is 0 Å². The Labute approximate surface area is 160 Å². The van der Waals surface area contributed by atoms with Crippen LogP contribution in [0.3, 0.4) is 0 Å². The highest BCUT2D eigenvalue weighted by Crippen LogP contribution is 2.81. The van der Waals surface area contributed by atoms with E-state index >= 15 is 0 Å². The average molecular weight is 364 g/mol. The molecule has 7 aliphatic rings. The Bertz CT molecular complexity index is 882. The van der Waals surface area contributed by atoms with Crippen LogP contribution in [-0.4, -0.2) is 17.4 Å². The third kappa shape index (κ3) is 1.53. The lowest BCUT2D eigenvalue weighted by Crippen LogP contribution is -2.57. The van der Waals surface area contributed by atoms with Crippen molar-refractivity contribution in [2.45, 2.75) is 64.4 Å². The smallest absolute Gasteiger partial charge is 0.306 e. The van der Waals surface area contributed by atoms with Gasteiger partial charge in [-0.2, -0.15) is 0 Å². The second-order valence-corrected chi connectivity index (χ2v) is 11.1. The first-order valence-corrected chi connectivity index (χ1v) is 11.1. The van der Waals surface area contributed by atoms with Crippen molar-refractivity contribution in [2.75, 3.05) is 0 Å². The largest absolute Gasteiger partial charge is 0.458 e. The first kappa shape index (κ1) is 15.5. The lowest BCUT2D eigenvalue weighted by Gasteiger charge is -2.60. The van der Waals surface area contributed by atoms with Crippen LogP contribution in [0, 0.1) is 46.3 Å². The molecule has 4 unspecified atom stereocenters. The highest BCUT2D eigenvalue weighted by atomic mass is 16.6. The molecule has 0 aromatic carbocycles. The summed E-state index contributed by atoms with van der Waals surface area (Å²) in [6.07, 6.45) is 11.5. The van der Waals surface area contributed by atoms with Crippen molar-refractivity contribution in [1.82, 2.24) is 0 Å². The average Bonchev–Trinajstić information content (AvgIpc) is 3.53. The molecule has 142 valence electrons. The number of fused-ring (bicyclic) bond motifs is 12. The molecule has 1 spiro atoms. The number of hydrogen-bond acceptors (Lipinski definition) is 3. The van der Waals surface area contributed by atoms with E-state index in [2.05, 4.69) is 19.9 Å². The van der Waals surface area contributed by atoms with Gasteiger partial charge in [0, 0.05) is 30.1 Å². The molecule has 1 heterocycles. The zero-order valence-corrected chi connectivity index (χ0v) is 16.3. The fraction of sp³-hybridized carbons (Fsp3) is 0.750. The van der Waals surface area contributed by atoms with Crippen LogP contribution in [0.1, 0.15) is 58.8 Å². The standard InChI is InChI=1S/C24H28O3/c1-22-6-3-12(25)9-17(22)13-10-14(13)20-16(22)4-7-23(2)21(20)15-11-18(15)24(23)8-5-19(26)27-24/h9-10,14-16,18,20-21H,3-8,11H2,1-2H3/t14-,15+,16?,18-,20?,21?,22+,23-,24?/m0/s1. The van der Waals surface area contributed by atoms with Crippen LogP contribution in [0.4, 0.5) is 0 Å². The summed E-state index contributed by atoms with van der Waals surface area (Å²) < 4.78 is 6.20. The zero-order chi connectivity index (χ0) is 18.3. The van der Waals surface area contributed by atoms with Gasteiger partial charge in [0.05, 0.1) is 0 Å². The Balaban J connectivity index is 1.34. The summed E-state index contributed by atoms with van der Waals surface area (Å²) in [5, 5.41) is 0. The molecule has 3 heteroatoms. The van der Waals surface area contributed by atoms with Gasteiger partial charge in [-0.05, 0) is 78.4 Å². The number of carbonyl (C=O) groups excluding carboxylic acids is 2. The topological polar surface area (TPSA) is 43.4 Å². The molecular weight excluding hydrogens is 336 g/mol. The van der Waals surface area contributed by atoms with E-state index in [1.807, 2.05) is 6.08 Å². The van der Waals surface area contributed by atoms with Crippen LogP contribution >= 0.6 is 0 Å². The van der Waals surface area contributed by atoms with Crippen molar-refractivity contribution in [3.8, 4) is 0 Å². The first-order valence-electron chi connectivity index (χ1n) is 11.1. The SMILES string of the molecule is C[C@]12CCC(=O)C=C1C1=C[C@@H]1C1C2CC[C@@]2(C)C1[C@@H]1C[C@@H]1C21CCC(=O)O1. The van der Waals surface area contributed by atoms with E-state index in [1.54, 1.807) is 0 Å². The van der Waals surface area contributed by atoms with Crippen LogP contribution in [-0.2, 0) is 14.3 Å². The van der Waals surface area contributed by atoms with Crippen molar-refractivity contribution in [1.29, 1.82) is 0 Å². The van der Waals surface area contributed by atoms with E-state index in [9.17, 15) is 9.59 Å². The second kappa shape index (κ2) is 4.28. The Morgan fingerprint density at radius 3 is 2.70 bits per heavy atom. The minimum absolute atomic E-state index is 0.0431. The molecule has 1 aliphatic heterocycles. The Morgan fingerprint density at radius 2 is 1.93 bits per heavy atom. The van der Waals surface area contributed by atoms with Gasteiger partial charge in [-0.1, -0.05) is 19.9 Å². The molecule has 1 saturated heterocycles. The van der Waals surface area contributed by atoms with Crippen molar-refractivity contribution in [3.05, 3.63) is 23.3 Å².